The van der Waals surface area contributed by atoms with E-state index in [9.17, 15) is 9.90 Å². The van der Waals surface area contributed by atoms with Crippen molar-refractivity contribution in [2.24, 2.45) is 4.99 Å². The first-order valence-corrected chi connectivity index (χ1v) is 6.66. The molecule has 0 saturated heterocycles. The summed E-state index contributed by atoms with van der Waals surface area (Å²) in [4.78, 5) is 19.4. The number of hydrogen-bond acceptors (Lipinski definition) is 5. The van der Waals surface area contributed by atoms with E-state index in [0.717, 1.165) is 5.39 Å². The van der Waals surface area contributed by atoms with Crippen LogP contribution in [-0.2, 0) is 4.79 Å². The molecular formula is C13H10N2O3S. The molecule has 0 radical (unpaired) electrons. The van der Waals surface area contributed by atoms with Crippen molar-refractivity contribution >= 4 is 33.7 Å². The van der Waals surface area contributed by atoms with Gasteiger partial charge in [0.05, 0.1) is 5.69 Å². The Bertz CT molecular complexity index is 699. The molecule has 1 aromatic heterocycles. The Morgan fingerprint density at radius 3 is 2.89 bits per heavy atom. The molecular weight excluding hydrogens is 264 g/mol. The van der Waals surface area contributed by atoms with Crippen molar-refractivity contribution in [1.29, 1.82) is 0 Å². The molecule has 0 fully saturated rings. The second-order valence-electron chi connectivity index (χ2n) is 4.14. The van der Waals surface area contributed by atoms with Gasteiger partial charge in [-0.15, -0.1) is 11.8 Å². The summed E-state index contributed by atoms with van der Waals surface area (Å²) in [6.45, 7) is 0. The molecule has 1 aliphatic rings. The lowest BCUT2D eigenvalue weighted by atomic mass is 10.2. The van der Waals surface area contributed by atoms with E-state index in [0.29, 0.717) is 22.0 Å². The third kappa shape index (κ3) is 2.15. The number of aromatic hydroxyl groups is 1. The number of benzene rings is 1. The minimum absolute atomic E-state index is 0.109. The average Bonchev–Trinajstić information content (AvgIpc) is 2.89. The highest BCUT2D eigenvalue weighted by atomic mass is 32.2. The Morgan fingerprint density at radius 2 is 2.16 bits per heavy atom. The first-order valence-electron chi connectivity index (χ1n) is 5.67. The molecule has 0 amide bonds. The van der Waals surface area contributed by atoms with Crippen molar-refractivity contribution in [3.63, 3.8) is 0 Å². The van der Waals surface area contributed by atoms with E-state index < -0.39 is 12.0 Å². The van der Waals surface area contributed by atoms with Gasteiger partial charge in [0.15, 0.2) is 6.04 Å². The van der Waals surface area contributed by atoms with Crippen LogP contribution in [-0.4, -0.2) is 38.0 Å². The Morgan fingerprint density at radius 1 is 1.32 bits per heavy atom. The van der Waals surface area contributed by atoms with Crippen LogP contribution in [0.15, 0.2) is 35.3 Å². The van der Waals surface area contributed by atoms with E-state index in [2.05, 4.69) is 9.98 Å². The van der Waals surface area contributed by atoms with Gasteiger partial charge in [-0.1, -0.05) is 18.2 Å². The molecule has 2 heterocycles. The Labute approximate surface area is 113 Å². The number of aliphatic carboxylic acids is 1. The number of carbonyl (C=O) groups is 1. The zero-order valence-corrected chi connectivity index (χ0v) is 10.6. The summed E-state index contributed by atoms with van der Waals surface area (Å²) in [6.07, 6.45) is 0. The molecule has 0 saturated carbocycles. The molecule has 0 spiro atoms. The summed E-state index contributed by atoms with van der Waals surface area (Å²) in [5.41, 5.74) is 1.10. The summed E-state index contributed by atoms with van der Waals surface area (Å²) in [6, 6.07) is 8.10. The van der Waals surface area contributed by atoms with Gasteiger partial charge in [-0.2, -0.15) is 0 Å². The average molecular weight is 274 g/mol. The van der Waals surface area contributed by atoms with Gasteiger partial charge in [-0.25, -0.2) is 9.78 Å². The van der Waals surface area contributed by atoms with Crippen LogP contribution in [0.25, 0.3) is 10.9 Å². The van der Waals surface area contributed by atoms with Crippen LogP contribution in [0.5, 0.6) is 5.75 Å². The molecule has 0 bridgehead atoms. The normalized spacial score (nSPS) is 18.5. The number of phenolic OH excluding ortho intramolecular Hbond substituents is 1. The van der Waals surface area contributed by atoms with Gasteiger partial charge in [0, 0.05) is 11.1 Å². The maximum Gasteiger partial charge on any atom is 0.329 e. The second kappa shape index (κ2) is 4.55. The molecule has 2 N–H and O–H groups in total. The minimum atomic E-state index is -0.925. The predicted octanol–water partition coefficient (Wildman–Crippen LogP) is 1.89. The predicted molar refractivity (Wildman–Crippen MR) is 73.8 cm³/mol. The van der Waals surface area contributed by atoms with Crippen LogP contribution in [0.3, 0.4) is 0 Å². The van der Waals surface area contributed by atoms with Gasteiger partial charge in [0.2, 0.25) is 0 Å². The maximum atomic E-state index is 10.9. The van der Waals surface area contributed by atoms with Crippen LogP contribution in [0, 0.1) is 0 Å². The van der Waals surface area contributed by atoms with Crippen molar-refractivity contribution in [2.75, 3.05) is 5.75 Å². The Kier molecular flexibility index (Phi) is 2.87. The lowest BCUT2D eigenvalue weighted by Gasteiger charge is -2.03. The van der Waals surface area contributed by atoms with Crippen molar-refractivity contribution in [1.82, 2.24) is 4.98 Å². The molecule has 96 valence electrons. The van der Waals surface area contributed by atoms with Crippen molar-refractivity contribution in [3.8, 4) is 5.75 Å². The highest BCUT2D eigenvalue weighted by molar-refractivity contribution is 8.14. The first kappa shape index (κ1) is 12.0. The number of thioether (sulfide) groups is 1. The van der Waals surface area contributed by atoms with Gasteiger partial charge >= 0.3 is 5.97 Å². The molecule has 1 atom stereocenters. The number of aliphatic imine (C=N–C) groups is 1. The largest absolute Gasteiger partial charge is 0.506 e. The van der Waals surface area contributed by atoms with Gasteiger partial charge in [0.1, 0.15) is 16.3 Å². The van der Waals surface area contributed by atoms with Gasteiger partial charge < -0.3 is 10.2 Å². The third-order valence-electron chi connectivity index (χ3n) is 2.85. The number of hydrogen-bond donors (Lipinski definition) is 2. The number of para-hydroxylation sites is 1. The third-order valence-corrected chi connectivity index (χ3v) is 3.92. The Hall–Kier alpha value is -2.08. The van der Waals surface area contributed by atoms with E-state index in [4.69, 9.17) is 5.11 Å². The number of nitrogens with zero attached hydrogens (tertiary/aromatic N) is 2. The zero-order chi connectivity index (χ0) is 13.4. The highest BCUT2D eigenvalue weighted by Crippen LogP contribution is 2.27. The van der Waals surface area contributed by atoms with E-state index in [-0.39, 0.29) is 5.75 Å². The smallest absolute Gasteiger partial charge is 0.329 e. The zero-order valence-electron chi connectivity index (χ0n) is 9.78. The van der Waals surface area contributed by atoms with E-state index >= 15 is 0 Å². The molecule has 3 rings (SSSR count). The van der Waals surface area contributed by atoms with Crippen molar-refractivity contribution < 1.29 is 15.0 Å². The number of carboxylic acids is 1. The van der Waals surface area contributed by atoms with Crippen LogP contribution in [0.1, 0.15) is 5.69 Å². The number of aromatic nitrogens is 1. The SMILES string of the molecule is O=C(O)[C@H]1CSC(c2ccc3cccc(O)c3n2)=N1. The number of fused-ring (bicyclic) bond motifs is 1. The first-order chi connectivity index (χ1) is 9.15. The van der Waals surface area contributed by atoms with E-state index in [1.54, 1.807) is 18.2 Å². The molecule has 2 aromatic rings. The quantitative estimate of drug-likeness (QED) is 0.873. The van der Waals surface area contributed by atoms with Crippen LogP contribution >= 0.6 is 11.8 Å². The molecule has 19 heavy (non-hydrogen) atoms. The fourth-order valence-electron chi connectivity index (χ4n) is 1.89. The fourth-order valence-corrected chi connectivity index (χ4v) is 2.89. The summed E-state index contributed by atoms with van der Waals surface area (Å²) >= 11 is 1.37. The van der Waals surface area contributed by atoms with Crippen LogP contribution < -0.4 is 0 Å². The van der Waals surface area contributed by atoms with Gasteiger partial charge in [-0.3, -0.25) is 4.99 Å². The number of rotatable bonds is 2. The second-order valence-corrected chi connectivity index (χ2v) is 5.15. The molecule has 6 heteroatoms. The topological polar surface area (TPSA) is 82.8 Å². The summed E-state index contributed by atoms with van der Waals surface area (Å²) in [7, 11) is 0. The molecule has 1 aromatic carbocycles. The monoisotopic (exact) mass is 274 g/mol. The highest BCUT2D eigenvalue weighted by Gasteiger charge is 2.25. The Balaban J connectivity index is 2.05. The summed E-state index contributed by atoms with van der Waals surface area (Å²) in [5.74, 6) is -0.394. The van der Waals surface area contributed by atoms with E-state index in [1.165, 1.54) is 11.8 Å². The lowest BCUT2D eigenvalue weighted by molar-refractivity contribution is -0.137. The number of carboxylic acid groups (broad SMARTS) is 1. The molecule has 5 nitrogen and oxygen atoms in total. The summed E-state index contributed by atoms with van der Waals surface area (Å²) < 4.78 is 0. The standard InChI is InChI=1S/C13H10N2O3S/c16-10-3-1-2-7-4-5-8(14-11(7)10)12-15-9(6-19-12)13(17)18/h1-5,9,16H,6H2,(H,17,18)/t9-/m1/s1. The molecule has 1 aliphatic heterocycles. The molecule has 0 unspecified atom stereocenters. The van der Waals surface area contributed by atoms with Gasteiger partial charge in [-0.05, 0) is 12.1 Å². The van der Waals surface area contributed by atoms with Gasteiger partial charge in [0.25, 0.3) is 0 Å². The van der Waals surface area contributed by atoms with Crippen LogP contribution in [0.2, 0.25) is 0 Å². The number of pyridine rings is 1. The maximum absolute atomic E-state index is 10.9. The van der Waals surface area contributed by atoms with Crippen LogP contribution in [0.4, 0.5) is 0 Å². The minimum Gasteiger partial charge on any atom is -0.506 e. The lowest BCUT2D eigenvalue weighted by Crippen LogP contribution is -2.17. The van der Waals surface area contributed by atoms with E-state index in [1.807, 2.05) is 12.1 Å². The fraction of sp³-hybridized carbons (Fsp3) is 0.154. The molecule has 0 aliphatic carbocycles. The van der Waals surface area contributed by atoms with Crippen molar-refractivity contribution in [3.05, 3.63) is 36.0 Å². The van der Waals surface area contributed by atoms with Crippen molar-refractivity contribution in [2.45, 2.75) is 6.04 Å². The number of phenols is 1. The summed E-state index contributed by atoms with van der Waals surface area (Å²) in [5, 5.41) is 20.1.